The fraction of sp³-hybridized carbons (Fsp3) is 0.167. The van der Waals surface area contributed by atoms with Crippen LogP contribution < -0.4 is 4.74 Å². The Morgan fingerprint density at radius 3 is 2.45 bits per heavy atom. The van der Waals surface area contributed by atoms with E-state index in [1.807, 2.05) is 0 Å². The van der Waals surface area contributed by atoms with Gasteiger partial charge in [0.2, 0.25) is 0 Å². The summed E-state index contributed by atoms with van der Waals surface area (Å²) in [7, 11) is 0. The largest absolute Gasteiger partial charge is 0.573 e. The monoisotopic (exact) mass is 286 g/mol. The highest BCUT2D eigenvalue weighted by molar-refractivity contribution is 5.84. The SMILES string of the molecule is O=C(O)c1cn(Cc2ccc(OC(F)(F)F)cc2)cn1. The van der Waals surface area contributed by atoms with Gasteiger partial charge >= 0.3 is 12.3 Å². The molecule has 0 saturated carbocycles. The Morgan fingerprint density at radius 2 is 1.95 bits per heavy atom. The first-order valence-electron chi connectivity index (χ1n) is 5.43. The zero-order valence-electron chi connectivity index (χ0n) is 9.96. The van der Waals surface area contributed by atoms with Crippen molar-refractivity contribution in [2.45, 2.75) is 12.9 Å². The van der Waals surface area contributed by atoms with Crippen molar-refractivity contribution in [3.8, 4) is 5.75 Å². The number of imidazole rings is 1. The molecule has 2 aromatic rings. The number of carboxylic acids is 1. The van der Waals surface area contributed by atoms with Gasteiger partial charge in [0.15, 0.2) is 5.69 Å². The lowest BCUT2D eigenvalue weighted by atomic mass is 10.2. The van der Waals surface area contributed by atoms with Crippen LogP contribution in [0, 0.1) is 0 Å². The first-order valence-corrected chi connectivity index (χ1v) is 5.43. The second-order valence-electron chi connectivity index (χ2n) is 3.93. The number of aromatic carboxylic acids is 1. The van der Waals surface area contributed by atoms with Crippen LogP contribution in [0.4, 0.5) is 13.2 Å². The quantitative estimate of drug-likeness (QED) is 0.938. The van der Waals surface area contributed by atoms with Gasteiger partial charge in [-0.2, -0.15) is 0 Å². The van der Waals surface area contributed by atoms with Crippen molar-refractivity contribution < 1.29 is 27.8 Å². The number of hydrogen-bond donors (Lipinski definition) is 1. The van der Waals surface area contributed by atoms with Crippen LogP contribution in [-0.2, 0) is 6.54 Å². The van der Waals surface area contributed by atoms with Crippen molar-refractivity contribution in [2.75, 3.05) is 0 Å². The molecular weight excluding hydrogens is 277 g/mol. The maximum absolute atomic E-state index is 12.0. The number of benzene rings is 1. The van der Waals surface area contributed by atoms with E-state index in [4.69, 9.17) is 5.11 Å². The highest BCUT2D eigenvalue weighted by atomic mass is 19.4. The maximum atomic E-state index is 12.0. The molecule has 0 atom stereocenters. The summed E-state index contributed by atoms with van der Waals surface area (Å²) in [5, 5.41) is 8.71. The second kappa shape index (κ2) is 5.24. The molecule has 0 saturated heterocycles. The first kappa shape index (κ1) is 13.9. The number of alkyl halides is 3. The van der Waals surface area contributed by atoms with Crippen LogP contribution in [0.3, 0.4) is 0 Å². The maximum Gasteiger partial charge on any atom is 0.573 e. The second-order valence-corrected chi connectivity index (χ2v) is 3.93. The van der Waals surface area contributed by atoms with E-state index in [0.29, 0.717) is 12.1 Å². The van der Waals surface area contributed by atoms with Gasteiger partial charge in [0.05, 0.1) is 6.33 Å². The third-order valence-corrected chi connectivity index (χ3v) is 2.37. The third kappa shape index (κ3) is 3.74. The number of rotatable bonds is 4. The zero-order valence-corrected chi connectivity index (χ0v) is 9.96. The van der Waals surface area contributed by atoms with E-state index in [0.717, 1.165) is 0 Å². The van der Waals surface area contributed by atoms with Crippen molar-refractivity contribution in [3.05, 3.63) is 48.0 Å². The molecule has 0 aliphatic rings. The highest BCUT2D eigenvalue weighted by Gasteiger charge is 2.30. The van der Waals surface area contributed by atoms with Crippen LogP contribution in [0.25, 0.3) is 0 Å². The summed E-state index contributed by atoms with van der Waals surface area (Å²) >= 11 is 0. The molecule has 8 heteroatoms. The number of nitrogens with zero attached hydrogens (tertiary/aromatic N) is 2. The normalized spacial score (nSPS) is 11.3. The molecule has 0 spiro atoms. The van der Waals surface area contributed by atoms with Gasteiger partial charge in [0, 0.05) is 12.7 Å². The van der Waals surface area contributed by atoms with Gasteiger partial charge in [-0.1, -0.05) is 12.1 Å². The van der Waals surface area contributed by atoms with Crippen LogP contribution >= 0.6 is 0 Å². The molecule has 0 aliphatic heterocycles. The van der Waals surface area contributed by atoms with Crippen LogP contribution in [-0.4, -0.2) is 27.0 Å². The van der Waals surface area contributed by atoms with E-state index in [1.165, 1.54) is 41.4 Å². The van der Waals surface area contributed by atoms with Gasteiger partial charge < -0.3 is 14.4 Å². The predicted octanol–water partition coefficient (Wildman–Crippen LogP) is 2.53. The molecule has 1 aromatic carbocycles. The van der Waals surface area contributed by atoms with Crippen LogP contribution in [0.2, 0.25) is 0 Å². The van der Waals surface area contributed by atoms with Gasteiger partial charge in [-0.15, -0.1) is 13.2 Å². The third-order valence-electron chi connectivity index (χ3n) is 2.37. The summed E-state index contributed by atoms with van der Waals surface area (Å²) < 4.78 is 41.2. The molecule has 106 valence electrons. The number of carbonyl (C=O) groups is 1. The molecule has 2 rings (SSSR count). The summed E-state index contributed by atoms with van der Waals surface area (Å²) in [6.45, 7) is 0.298. The van der Waals surface area contributed by atoms with E-state index in [1.54, 1.807) is 0 Å². The average Bonchev–Trinajstić information content (AvgIpc) is 2.78. The molecule has 20 heavy (non-hydrogen) atoms. The summed E-state index contributed by atoms with van der Waals surface area (Å²) in [6, 6.07) is 5.30. The standard InChI is InChI=1S/C12H9F3N2O3/c13-12(14,15)20-9-3-1-8(2-4-9)5-17-6-10(11(18)19)16-7-17/h1-4,6-7H,5H2,(H,18,19). The van der Waals surface area contributed by atoms with Gasteiger partial charge in [0.25, 0.3) is 0 Å². The first-order chi connectivity index (χ1) is 9.33. The summed E-state index contributed by atoms with van der Waals surface area (Å²) in [5.74, 6) is -1.45. The Hall–Kier alpha value is -2.51. The number of ether oxygens (including phenoxy) is 1. The Balaban J connectivity index is 2.04. The minimum Gasteiger partial charge on any atom is -0.476 e. The minimum absolute atomic E-state index is 0.0953. The zero-order chi connectivity index (χ0) is 14.8. The minimum atomic E-state index is -4.72. The van der Waals surface area contributed by atoms with E-state index in [9.17, 15) is 18.0 Å². The van der Waals surface area contributed by atoms with Crippen molar-refractivity contribution in [1.82, 2.24) is 9.55 Å². The number of carboxylic acid groups (broad SMARTS) is 1. The lowest BCUT2D eigenvalue weighted by Crippen LogP contribution is -2.17. The topological polar surface area (TPSA) is 64.3 Å². The van der Waals surface area contributed by atoms with Crippen LogP contribution in [0.1, 0.15) is 16.1 Å². The van der Waals surface area contributed by atoms with E-state index < -0.39 is 12.3 Å². The van der Waals surface area contributed by atoms with Crippen molar-refractivity contribution in [2.24, 2.45) is 0 Å². The fourth-order valence-corrected chi connectivity index (χ4v) is 1.56. The van der Waals surface area contributed by atoms with Gasteiger partial charge in [-0.05, 0) is 17.7 Å². The summed E-state index contributed by atoms with van der Waals surface area (Å²) in [5.41, 5.74) is 0.593. The summed E-state index contributed by atoms with van der Waals surface area (Å²) in [4.78, 5) is 14.3. The molecule has 5 nitrogen and oxygen atoms in total. The van der Waals surface area contributed by atoms with Crippen LogP contribution in [0.5, 0.6) is 5.75 Å². The number of aromatic nitrogens is 2. The van der Waals surface area contributed by atoms with E-state index >= 15 is 0 Å². The number of hydrogen-bond acceptors (Lipinski definition) is 3. The molecule has 0 bridgehead atoms. The van der Waals surface area contributed by atoms with Crippen molar-refractivity contribution in [1.29, 1.82) is 0 Å². The lowest BCUT2D eigenvalue weighted by Gasteiger charge is -2.09. The predicted molar refractivity (Wildman–Crippen MR) is 61.4 cm³/mol. The fourth-order valence-electron chi connectivity index (χ4n) is 1.56. The van der Waals surface area contributed by atoms with Gasteiger partial charge in [0.1, 0.15) is 5.75 Å². The van der Waals surface area contributed by atoms with E-state index in [-0.39, 0.29) is 11.4 Å². The number of halogens is 3. The molecule has 1 N–H and O–H groups in total. The van der Waals surface area contributed by atoms with Crippen LogP contribution in [0.15, 0.2) is 36.8 Å². The summed E-state index contributed by atoms with van der Waals surface area (Å²) in [6.07, 6.45) is -2.05. The van der Waals surface area contributed by atoms with Gasteiger partial charge in [-0.3, -0.25) is 0 Å². The van der Waals surface area contributed by atoms with Crippen molar-refractivity contribution in [3.63, 3.8) is 0 Å². The van der Waals surface area contributed by atoms with Gasteiger partial charge in [-0.25, -0.2) is 9.78 Å². The Kier molecular flexibility index (Phi) is 3.64. The molecule has 0 aliphatic carbocycles. The molecule has 0 unspecified atom stereocenters. The Labute approximate surface area is 111 Å². The smallest absolute Gasteiger partial charge is 0.476 e. The Morgan fingerprint density at radius 1 is 1.30 bits per heavy atom. The molecule has 1 aromatic heterocycles. The average molecular weight is 286 g/mol. The molecular formula is C12H9F3N2O3. The van der Waals surface area contributed by atoms with Crippen molar-refractivity contribution >= 4 is 5.97 Å². The highest BCUT2D eigenvalue weighted by Crippen LogP contribution is 2.22. The molecule has 0 fully saturated rings. The lowest BCUT2D eigenvalue weighted by molar-refractivity contribution is -0.274. The van der Waals surface area contributed by atoms with E-state index in [2.05, 4.69) is 9.72 Å². The molecule has 1 heterocycles. The molecule has 0 radical (unpaired) electrons. The Bertz CT molecular complexity index is 605. The molecule has 0 amide bonds.